The standard InChI is InChI=1S/C16H20N2O2S/c1-5-6-13-14(15(19)20)21-16(17-13)18(4)12-8-10(2)7-11(3)9-12/h7-9H,5-6H2,1-4H3,(H,19,20). The van der Waals surface area contributed by atoms with Crippen molar-refractivity contribution in [1.29, 1.82) is 0 Å². The van der Waals surface area contributed by atoms with Crippen molar-refractivity contribution in [3.8, 4) is 0 Å². The Morgan fingerprint density at radius 1 is 1.29 bits per heavy atom. The smallest absolute Gasteiger partial charge is 0.347 e. The fraction of sp³-hybridized carbons (Fsp3) is 0.375. The highest BCUT2D eigenvalue weighted by Crippen LogP contribution is 2.32. The van der Waals surface area contributed by atoms with Gasteiger partial charge in [0.25, 0.3) is 0 Å². The maximum absolute atomic E-state index is 11.3. The summed E-state index contributed by atoms with van der Waals surface area (Å²) in [6.07, 6.45) is 1.58. The Kier molecular flexibility index (Phi) is 4.63. The number of anilines is 2. The summed E-state index contributed by atoms with van der Waals surface area (Å²) in [6, 6.07) is 6.27. The summed E-state index contributed by atoms with van der Waals surface area (Å²) >= 11 is 1.24. The molecule has 0 atom stereocenters. The first-order chi connectivity index (χ1) is 9.92. The highest BCUT2D eigenvalue weighted by atomic mass is 32.1. The molecule has 0 spiro atoms. The van der Waals surface area contributed by atoms with Crippen LogP contribution in [0.4, 0.5) is 10.8 Å². The van der Waals surface area contributed by atoms with Crippen LogP contribution < -0.4 is 4.90 Å². The quantitative estimate of drug-likeness (QED) is 0.900. The highest BCUT2D eigenvalue weighted by Gasteiger charge is 2.19. The molecule has 1 N–H and O–H groups in total. The van der Waals surface area contributed by atoms with E-state index in [9.17, 15) is 9.90 Å². The number of hydrogen-bond donors (Lipinski definition) is 1. The monoisotopic (exact) mass is 304 g/mol. The maximum atomic E-state index is 11.3. The van der Waals surface area contributed by atoms with Gasteiger partial charge in [-0.15, -0.1) is 0 Å². The van der Waals surface area contributed by atoms with Crippen molar-refractivity contribution in [2.75, 3.05) is 11.9 Å². The lowest BCUT2D eigenvalue weighted by Gasteiger charge is -2.17. The minimum Gasteiger partial charge on any atom is -0.477 e. The van der Waals surface area contributed by atoms with Crippen molar-refractivity contribution in [1.82, 2.24) is 4.98 Å². The maximum Gasteiger partial charge on any atom is 0.347 e. The SMILES string of the molecule is CCCc1nc(N(C)c2cc(C)cc(C)c2)sc1C(=O)O. The van der Waals surface area contributed by atoms with Gasteiger partial charge in [0.05, 0.1) is 5.69 Å². The van der Waals surface area contributed by atoms with Crippen LogP contribution in [0.25, 0.3) is 0 Å². The van der Waals surface area contributed by atoms with E-state index in [0.29, 0.717) is 17.0 Å². The Morgan fingerprint density at radius 3 is 2.43 bits per heavy atom. The molecular weight excluding hydrogens is 284 g/mol. The summed E-state index contributed by atoms with van der Waals surface area (Å²) in [5.41, 5.74) is 4.07. The van der Waals surface area contributed by atoms with Gasteiger partial charge in [0.1, 0.15) is 4.88 Å². The van der Waals surface area contributed by atoms with E-state index >= 15 is 0 Å². The predicted octanol–water partition coefficient (Wildman–Crippen LogP) is 4.18. The third-order valence-electron chi connectivity index (χ3n) is 3.25. The zero-order chi connectivity index (χ0) is 15.6. The number of nitrogens with zero attached hydrogens (tertiary/aromatic N) is 2. The highest BCUT2D eigenvalue weighted by molar-refractivity contribution is 7.17. The zero-order valence-corrected chi connectivity index (χ0v) is 13.6. The molecule has 0 aliphatic rings. The number of carbonyl (C=O) groups is 1. The van der Waals surface area contributed by atoms with Gasteiger partial charge in [0.2, 0.25) is 0 Å². The molecule has 0 radical (unpaired) electrons. The molecular formula is C16H20N2O2S. The van der Waals surface area contributed by atoms with Crippen LogP contribution in [0.5, 0.6) is 0 Å². The number of aryl methyl sites for hydroxylation is 3. The van der Waals surface area contributed by atoms with Gasteiger partial charge in [-0.1, -0.05) is 30.7 Å². The molecule has 1 heterocycles. The van der Waals surface area contributed by atoms with Crippen molar-refractivity contribution in [2.45, 2.75) is 33.6 Å². The minimum absolute atomic E-state index is 0.350. The van der Waals surface area contributed by atoms with E-state index in [4.69, 9.17) is 0 Å². The first-order valence-electron chi connectivity index (χ1n) is 6.97. The number of aromatic nitrogens is 1. The molecule has 5 heteroatoms. The summed E-state index contributed by atoms with van der Waals surface area (Å²) in [5, 5.41) is 10.0. The van der Waals surface area contributed by atoms with Crippen molar-refractivity contribution >= 4 is 28.1 Å². The molecule has 1 aromatic carbocycles. The van der Waals surface area contributed by atoms with E-state index in [-0.39, 0.29) is 0 Å². The number of hydrogen-bond acceptors (Lipinski definition) is 4. The fourth-order valence-corrected chi connectivity index (χ4v) is 3.24. The summed E-state index contributed by atoms with van der Waals surface area (Å²) < 4.78 is 0. The average molecular weight is 304 g/mol. The van der Waals surface area contributed by atoms with E-state index < -0.39 is 5.97 Å². The van der Waals surface area contributed by atoms with E-state index in [2.05, 4.69) is 37.0 Å². The van der Waals surface area contributed by atoms with E-state index in [1.165, 1.54) is 22.5 Å². The van der Waals surface area contributed by atoms with Gasteiger partial charge < -0.3 is 10.0 Å². The van der Waals surface area contributed by atoms with Gasteiger partial charge in [0, 0.05) is 12.7 Å². The molecule has 0 unspecified atom stereocenters. The first kappa shape index (κ1) is 15.5. The number of benzene rings is 1. The Hall–Kier alpha value is -1.88. The summed E-state index contributed by atoms with van der Waals surface area (Å²) in [7, 11) is 1.93. The van der Waals surface area contributed by atoms with E-state index in [1.54, 1.807) is 0 Å². The minimum atomic E-state index is -0.893. The van der Waals surface area contributed by atoms with Gasteiger partial charge in [-0.3, -0.25) is 0 Å². The normalized spacial score (nSPS) is 10.7. The van der Waals surface area contributed by atoms with Gasteiger partial charge in [-0.2, -0.15) is 0 Å². The molecule has 0 bridgehead atoms. The summed E-state index contributed by atoms with van der Waals surface area (Å²) in [5.74, 6) is -0.893. The summed E-state index contributed by atoms with van der Waals surface area (Å²) in [6.45, 7) is 6.13. The molecule has 0 fully saturated rings. The van der Waals surface area contributed by atoms with Crippen molar-refractivity contribution < 1.29 is 9.90 Å². The lowest BCUT2D eigenvalue weighted by atomic mass is 10.1. The second-order valence-corrected chi connectivity index (χ2v) is 6.21. The van der Waals surface area contributed by atoms with E-state index in [0.717, 1.165) is 17.2 Å². The number of carboxylic acid groups (broad SMARTS) is 1. The van der Waals surface area contributed by atoms with Gasteiger partial charge >= 0.3 is 5.97 Å². The lowest BCUT2D eigenvalue weighted by Crippen LogP contribution is -2.09. The van der Waals surface area contributed by atoms with Crippen LogP contribution in [0.1, 0.15) is 39.8 Å². The van der Waals surface area contributed by atoms with Crippen LogP contribution in [0, 0.1) is 13.8 Å². The molecule has 1 aromatic heterocycles. The predicted molar refractivity (Wildman–Crippen MR) is 87.0 cm³/mol. The lowest BCUT2D eigenvalue weighted by molar-refractivity contribution is 0.0700. The van der Waals surface area contributed by atoms with Crippen LogP contribution in [-0.4, -0.2) is 23.1 Å². The number of rotatable bonds is 5. The van der Waals surface area contributed by atoms with Gasteiger partial charge in [-0.05, 0) is 43.5 Å². The Balaban J connectivity index is 2.40. The molecule has 0 saturated heterocycles. The van der Waals surface area contributed by atoms with Crippen LogP contribution in [0.2, 0.25) is 0 Å². The second kappa shape index (κ2) is 6.26. The van der Waals surface area contributed by atoms with Crippen LogP contribution in [0.3, 0.4) is 0 Å². The van der Waals surface area contributed by atoms with Crippen molar-refractivity contribution in [2.24, 2.45) is 0 Å². The molecule has 112 valence electrons. The first-order valence-corrected chi connectivity index (χ1v) is 7.79. The number of carboxylic acids is 1. The topological polar surface area (TPSA) is 53.4 Å². The van der Waals surface area contributed by atoms with E-state index in [1.807, 2.05) is 18.9 Å². The largest absolute Gasteiger partial charge is 0.477 e. The third-order valence-corrected chi connectivity index (χ3v) is 4.41. The number of thiazole rings is 1. The van der Waals surface area contributed by atoms with Crippen molar-refractivity contribution in [3.05, 3.63) is 39.9 Å². The molecule has 0 saturated carbocycles. The molecule has 0 aliphatic heterocycles. The summed E-state index contributed by atoms with van der Waals surface area (Å²) in [4.78, 5) is 18.2. The zero-order valence-electron chi connectivity index (χ0n) is 12.8. The van der Waals surface area contributed by atoms with Crippen molar-refractivity contribution in [3.63, 3.8) is 0 Å². The van der Waals surface area contributed by atoms with Crippen LogP contribution >= 0.6 is 11.3 Å². The Morgan fingerprint density at radius 2 is 1.90 bits per heavy atom. The van der Waals surface area contributed by atoms with Crippen LogP contribution in [0.15, 0.2) is 18.2 Å². The molecule has 0 amide bonds. The van der Waals surface area contributed by atoms with Gasteiger partial charge in [0.15, 0.2) is 5.13 Å². The third kappa shape index (κ3) is 3.42. The molecule has 0 aliphatic carbocycles. The average Bonchev–Trinajstić information content (AvgIpc) is 2.81. The Labute approximate surface area is 129 Å². The fourth-order valence-electron chi connectivity index (χ4n) is 2.31. The molecule has 2 aromatic rings. The van der Waals surface area contributed by atoms with Crippen LogP contribution in [-0.2, 0) is 6.42 Å². The Bertz CT molecular complexity index is 644. The molecule has 2 rings (SSSR count). The molecule has 4 nitrogen and oxygen atoms in total. The number of aromatic carboxylic acids is 1. The molecule has 21 heavy (non-hydrogen) atoms. The van der Waals surface area contributed by atoms with Gasteiger partial charge in [-0.25, -0.2) is 9.78 Å². The second-order valence-electron chi connectivity index (χ2n) is 5.23.